The molecule has 126 valence electrons. The van der Waals surface area contributed by atoms with Crippen LogP contribution in [-0.4, -0.2) is 22.8 Å². The molecule has 1 aliphatic rings. The van der Waals surface area contributed by atoms with E-state index in [0.29, 0.717) is 16.9 Å². The van der Waals surface area contributed by atoms with Crippen LogP contribution in [-0.2, 0) is 14.4 Å². The fourth-order valence-corrected chi connectivity index (χ4v) is 2.79. The molecule has 2 N–H and O–H groups in total. The van der Waals surface area contributed by atoms with Crippen LogP contribution in [0.4, 0.5) is 11.4 Å². The van der Waals surface area contributed by atoms with E-state index < -0.39 is 17.6 Å². The third kappa shape index (κ3) is 3.18. The van der Waals surface area contributed by atoms with E-state index in [-0.39, 0.29) is 11.5 Å². The van der Waals surface area contributed by atoms with Gasteiger partial charge in [-0.3, -0.25) is 14.4 Å². The topological polar surface area (TPSA) is 86.7 Å². The highest BCUT2D eigenvalue weighted by atomic mass is 79.9. The summed E-state index contributed by atoms with van der Waals surface area (Å²) < 4.78 is 0.807. The van der Waals surface area contributed by atoms with Gasteiger partial charge in [-0.05, 0) is 42.0 Å². The second kappa shape index (κ2) is 6.52. The number of anilines is 2. The molecule has 0 radical (unpaired) electrons. The molecule has 2 aromatic rings. The molecule has 0 saturated heterocycles. The lowest BCUT2D eigenvalue weighted by atomic mass is 10.1. The van der Waals surface area contributed by atoms with Crippen molar-refractivity contribution in [2.75, 3.05) is 10.2 Å². The second-order valence-electron chi connectivity index (χ2n) is 5.40. The van der Waals surface area contributed by atoms with Crippen molar-refractivity contribution < 1.29 is 19.5 Å². The van der Waals surface area contributed by atoms with Crippen LogP contribution >= 0.6 is 15.9 Å². The molecule has 3 amide bonds. The van der Waals surface area contributed by atoms with E-state index in [1.54, 1.807) is 48.5 Å². The van der Waals surface area contributed by atoms with E-state index >= 15 is 0 Å². The Bertz CT molecular complexity index is 902. The lowest BCUT2D eigenvalue weighted by Gasteiger charge is -2.14. The van der Waals surface area contributed by atoms with E-state index in [9.17, 15) is 19.5 Å². The summed E-state index contributed by atoms with van der Waals surface area (Å²) in [6.45, 7) is 1.39. The number of rotatable bonds is 3. The molecule has 3 rings (SSSR count). The molecule has 7 heteroatoms. The van der Waals surface area contributed by atoms with Gasteiger partial charge in [-0.15, -0.1) is 0 Å². The summed E-state index contributed by atoms with van der Waals surface area (Å²) in [5, 5.41) is 12.8. The van der Waals surface area contributed by atoms with Crippen LogP contribution in [0.3, 0.4) is 0 Å². The standard InChI is InChI=1S/C18H13BrN2O4/c1-10(22)20-13-6-2-11(3-7-13)15-16(23)18(25)21(17(15)24)14-8-4-12(19)5-9-14/h2-9,23H,1H3,(H,20,22). The molecule has 0 atom stereocenters. The Labute approximate surface area is 151 Å². The maximum atomic E-state index is 12.7. The van der Waals surface area contributed by atoms with Gasteiger partial charge in [-0.1, -0.05) is 28.1 Å². The first-order valence-electron chi connectivity index (χ1n) is 7.34. The maximum Gasteiger partial charge on any atom is 0.301 e. The Kier molecular flexibility index (Phi) is 4.41. The van der Waals surface area contributed by atoms with Gasteiger partial charge in [0.2, 0.25) is 5.91 Å². The molecular formula is C18H13BrN2O4. The molecule has 0 spiro atoms. The van der Waals surface area contributed by atoms with Crippen LogP contribution in [0.2, 0.25) is 0 Å². The van der Waals surface area contributed by atoms with Crippen molar-refractivity contribution in [3.05, 3.63) is 64.3 Å². The van der Waals surface area contributed by atoms with Gasteiger partial charge >= 0.3 is 5.91 Å². The number of aliphatic hydroxyl groups excluding tert-OH is 1. The monoisotopic (exact) mass is 400 g/mol. The predicted molar refractivity (Wildman–Crippen MR) is 96.9 cm³/mol. The molecule has 0 aromatic heterocycles. The third-order valence-electron chi connectivity index (χ3n) is 3.64. The van der Waals surface area contributed by atoms with Crippen molar-refractivity contribution >= 4 is 50.6 Å². The number of benzene rings is 2. The van der Waals surface area contributed by atoms with Crippen molar-refractivity contribution in [3.8, 4) is 0 Å². The third-order valence-corrected chi connectivity index (χ3v) is 4.17. The van der Waals surface area contributed by atoms with Gasteiger partial charge < -0.3 is 10.4 Å². The minimum atomic E-state index is -0.770. The van der Waals surface area contributed by atoms with Crippen LogP contribution in [0, 0.1) is 0 Å². The molecule has 6 nitrogen and oxygen atoms in total. The quantitative estimate of drug-likeness (QED) is 0.774. The number of nitrogens with one attached hydrogen (secondary N) is 1. The minimum absolute atomic E-state index is 0.0673. The summed E-state index contributed by atoms with van der Waals surface area (Å²) in [6.07, 6.45) is 0. The first kappa shape index (κ1) is 16.9. The number of aliphatic hydroxyl groups is 1. The number of amides is 3. The van der Waals surface area contributed by atoms with Crippen LogP contribution in [0.25, 0.3) is 5.57 Å². The Morgan fingerprint density at radius 2 is 1.60 bits per heavy atom. The van der Waals surface area contributed by atoms with Crippen molar-refractivity contribution in [1.82, 2.24) is 0 Å². The van der Waals surface area contributed by atoms with Crippen molar-refractivity contribution in [2.24, 2.45) is 0 Å². The summed E-state index contributed by atoms with van der Waals surface area (Å²) in [5.41, 5.74) is 1.25. The first-order valence-corrected chi connectivity index (χ1v) is 8.13. The number of nitrogens with zero attached hydrogens (tertiary/aromatic N) is 1. The molecule has 25 heavy (non-hydrogen) atoms. The van der Waals surface area contributed by atoms with Gasteiger partial charge in [0.15, 0.2) is 5.76 Å². The smallest absolute Gasteiger partial charge is 0.301 e. The van der Waals surface area contributed by atoms with Crippen molar-refractivity contribution in [3.63, 3.8) is 0 Å². The van der Waals surface area contributed by atoms with E-state index in [1.165, 1.54) is 6.92 Å². The molecule has 1 heterocycles. The number of imide groups is 1. The van der Waals surface area contributed by atoms with Gasteiger partial charge in [0.1, 0.15) is 0 Å². The zero-order valence-electron chi connectivity index (χ0n) is 13.1. The highest BCUT2D eigenvalue weighted by molar-refractivity contribution is 9.10. The highest BCUT2D eigenvalue weighted by Crippen LogP contribution is 2.32. The average Bonchev–Trinajstić information content (AvgIpc) is 2.79. The Balaban J connectivity index is 1.94. The SMILES string of the molecule is CC(=O)Nc1ccc(C2=C(O)C(=O)N(c3ccc(Br)cc3)C2=O)cc1. The van der Waals surface area contributed by atoms with Gasteiger partial charge in [0.25, 0.3) is 5.91 Å². The Hall–Kier alpha value is -2.93. The maximum absolute atomic E-state index is 12.7. The molecule has 0 aliphatic carbocycles. The van der Waals surface area contributed by atoms with Gasteiger partial charge in [-0.2, -0.15) is 0 Å². The molecule has 0 fully saturated rings. The predicted octanol–water partition coefficient (Wildman–Crippen LogP) is 3.25. The summed E-state index contributed by atoms with van der Waals surface area (Å²) in [7, 11) is 0. The van der Waals surface area contributed by atoms with Crippen molar-refractivity contribution in [1.29, 1.82) is 0 Å². The molecule has 2 aromatic carbocycles. The molecule has 0 bridgehead atoms. The number of carbonyl (C=O) groups excluding carboxylic acids is 3. The van der Waals surface area contributed by atoms with Gasteiger partial charge in [0, 0.05) is 17.1 Å². The molecule has 0 unspecified atom stereocenters. The van der Waals surface area contributed by atoms with Crippen molar-refractivity contribution in [2.45, 2.75) is 6.92 Å². The summed E-state index contributed by atoms with van der Waals surface area (Å²) in [5.74, 6) is -2.19. The summed E-state index contributed by atoms with van der Waals surface area (Å²) in [6, 6.07) is 12.9. The Morgan fingerprint density at radius 3 is 2.16 bits per heavy atom. The number of hydrogen-bond donors (Lipinski definition) is 2. The number of hydrogen-bond acceptors (Lipinski definition) is 4. The van der Waals surface area contributed by atoms with E-state index in [1.807, 2.05) is 0 Å². The molecule has 0 saturated carbocycles. The molecule has 1 aliphatic heterocycles. The van der Waals surface area contributed by atoms with Crippen LogP contribution in [0.15, 0.2) is 58.8 Å². The van der Waals surface area contributed by atoms with Crippen LogP contribution in [0.5, 0.6) is 0 Å². The average molecular weight is 401 g/mol. The normalized spacial score (nSPS) is 14.2. The number of halogens is 1. The van der Waals surface area contributed by atoms with E-state index in [2.05, 4.69) is 21.2 Å². The lowest BCUT2D eigenvalue weighted by Crippen LogP contribution is -2.31. The number of carbonyl (C=O) groups is 3. The van der Waals surface area contributed by atoms with E-state index in [4.69, 9.17) is 0 Å². The zero-order chi connectivity index (χ0) is 18.1. The second-order valence-corrected chi connectivity index (χ2v) is 6.32. The fourth-order valence-electron chi connectivity index (χ4n) is 2.53. The van der Waals surface area contributed by atoms with Crippen LogP contribution < -0.4 is 10.2 Å². The highest BCUT2D eigenvalue weighted by Gasteiger charge is 2.40. The zero-order valence-corrected chi connectivity index (χ0v) is 14.7. The fraction of sp³-hybridized carbons (Fsp3) is 0.0556. The van der Waals surface area contributed by atoms with E-state index in [0.717, 1.165) is 9.37 Å². The minimum Gasteiger partial charge on any atom is -0.502 e. The first-order chi connectivity index (χ1) is 11.9. The van der Waals surface area contributed by atoms with Gasteiger partial charge in [0.05, 0.1) is 11.3 Å². The lowest BCUT2D eigenvalue weighted by molar-refractivity contribution is -0.121. The summed E-state index contributed by atoms with van der Waals surface area (Å²) >= 11 is 3.29. The largest absolute Gasteiger partial charge is 0.502 e. The summed E-state index contributed by atoms with van der Waals surface area (Å²) in [4.78, 5) is 37.0. The molecular weight excluding hydrogens is 388 g/mol. The Morgan fingerprint density at radius 1 is 1.00 bits per heavy atom. The van der Waals surface area contributed by atoms with Gasteiger partial charge in [-0.25, -0.2) is 4.90 Å². The van der Waals surface area contributed by atoms with Crippen LogP contribution in [0.1, 0.15) is 12.5 Å².